The lowest BCUT2D eigenvalue weighted by atomic mass is 10.1. The molecule has 2 N–H and O–H groups in total. The Labute approximate surface area is 186 Å². The van der Waals surface area contributed by atoms with Crippen LogP contribution in [0.3, 0.4) is 0 Å². The fourth-order valence-electron chi connectivity index (χ4n) is 4.02. The van der Waals surface area contributed by atoms with Crippen LogP contribution < -0.4 is 10.2 Å². The number of hydrogen-bond acceptors (Lipinski definition) is 7. The van der Waals surface area contributed by atoms with Crippen LogP contribution >= 0.6 is 0 Å². The molecule has 166 valence electrons. The van der Waals surface area contributed by atoms with Crippen LogP contribution in [0.1, 0.15) is 22.6 Å². The Morgan fingerprint density at radius 2 is 2.03 bits per heavy atom. The molecule has 1 amide bonds. The first-order chi connectivity index (χ1) is 15.7. The number of ether oxygens (including phenoxy) is 2. The van der Waals surface area contributed by atoms with Gasteiger partial charge in [-0.1, -0.05) is 0 Å². The van der Waals surface area contributed by atoms with Gasteiger partial charge < -0.3 is 24.7 Å². The fraction of sp³-hybridized carbons (Fsp3) is 0.391. The van der Waals surface area contributed by atoms with Crippen molar-refractivity contribution in [2.24, 2.45) is 0 Å². The summed E-state index contributed by atoms with van der Waals surface area (Å²) in [6.45, 7) is 6.23. The molecular weight excluding hydrogens is 408 g/mol. The molecule has 5 rings (SSSR count). The van der Waals surface area contributed by atoms with Crippen LogP contribution in [-0.4, -0.2) is 71.4 Å². The molecule has 0 unspecified atom stereocenters. The molecule has 2 saturated heterocycles. The molecule has 0 saturated carbocycles. The maximum atomic E-state index is 12.7. The summed E-state index contributed by atoms with van der Waals surface area (Å²) in [5, 5.41) is 2.99. The van der Waals surface area contributed by atoms with Gasteiger partial charge in [-0.05, 0) is 37.1 Å². The topological polar surface area (TPSA) is 105 Å². The zero-order valence-electron chi connectivity index (χ0n) is 18.0. The minimum atomic E-state index is -0.195. The van der Waals surface area contributed by atoms with Crippen molar-refractivity contribution in [1.82, 2.24) is 25.3 Å². The first-order valence-corrected chi connectivity index (χ1v) is 10.9. The van der Waals surface area contributed by atoms with E-state index in [0.717, 1.165) is 49.5 Å². The van der Waals surface area contributed by atoms with E-state index < -0.39 is 0 Å². The Balaban J connectivity index is 1.38. The van der Waals surface area contributed by atoms with Crippen molar-refractivity contribution in [3.8, 4) is 22.6 Å². The summed E-state index contributed by atoms with van der Waals surface area (Å²) in [5.74, 6) is 0.369. The zero-order chi connectivity index (χ0) is 21.9. The monoisotopic (exact) mass is 434 g/mol. The number of morpholine rings is 1. The third kappa shape index (κ3) is 4.35. The quantitative estimate of drug-likeness (QED) is 0.634. The SMILES string of the molecule is Cc1[nH]c(-c2cc(-c3cncc(N4CCOCC4)c3)ccn2)nc1C(=O)N[C@@H]1CCOC1. The molecule has 3 aromatic heterocycles. The summed E-state index contributed by atoms with van der Waals surface area (Å²) < 4.78 is 10.8. The molecule has 32 heavy (non-hydrogen) atoms. The summed E-state index contributed by atoms with van der Waals surface area (Å²) in [7, 11) is 0. The van der Waals surface area contributed by atoms with Gasteiger partial charge in [0.15, 0.2) is 5.82 Å². The van der Waals surface area contributed by atoms with Gasteiger partial charge in [0, 0.05) is 43.3 Å². The van der Waals surface area contributed by atoms with E-state index in [1.165, 1.54) is 0 Å². The van der Waals surface area contributed by atoms with E-state index in [0.29, 0.717) is 36.1 Å². The maximum Gasteiger partial charge on any atom is 0.272 e. The molecule has 9 heteroatoms. The number of aromatic amines is 1. The third-order valence-corrected chi connectivity index (χ3v) is 5.80. The lowest BCUT2D eigenvalue weighted by Crippen LogP contribution is -2.36. The summed E-state index contributed by atoms with van der Waals surface area (Å²) >= 11 is 0. The number of amides is 1. The highest BCUT2D eigenvalue weighted by molar-refractivity contribution is 5.94. The van der Waals surface area contributed by atoms with E-state index >= 15 is 0 Å². The standard InChI is InChI=1S/C23H26N6O3/c1-15-21(23(30)27-18-3-7-32-14-18)28-22(26-15)20-11-16(2-4-25-20)17-10-19(13-24-12-17)29-5-8-31-9-6-29/h2,4,10-13,18H,3,5-9,14H2,1H3,(H,26,28)(H,27,30)/t18-/m1/s1. The number of nitrogens with zero attached hydrogens (tertiary/aromatic N) is 4. The van der Waals surface area contributed by atoms with Gasteiger partial charge in [-0.25, -0.2) is 4.98 Å². The number of nitrogens with one attached hydrogen (secondary N) is 2. The lowest BCUT2D eigenvalue weighted by molar-refractivity contribution is 0.0924. The molecular formula is C23H26N6O3. The molecule has 3 aromatic rings. The number of carbonyl (C=O) groups excluding carboxylic acids is 1. The average molecular weight is 435 g/mol. The number of aromatic nitrogens is 4. The Hall–Kier alpha value is -3.30. The maximum absolute atomic E-state index is 12.7. The number of H-pyrrole nitrogens is 1. The van der Waals surface area contributed by atoms with Gasteiger partial charge in [0.2, 0.25) is 0 Å². The molecule has 9 nitrogen and oxygen atoms in total. The molecule has 1 atom stereocenters. The molecule has 0 radical (unpaired) electrons. The fourth-order valence-corrected chi connectivity index (χ4v) is 4.02. The zero-order valence-corrected chi connectivity index (χ0v) is 18.0. The molecule has 0 aromatic carbocycles. The smallest absolute Gasteiger partial charge is 0.272 e. The number of hydrogen-bond donors (Lipinski definition) is 2. The average Bonchev–Trinajstić information content (AvgIpc) is 3.49. The summed E-state index contributed by atoms with van der Waals surface area (Å²) in [6.07, 6.45) is 6.30. The van der Waals surface area contributed by atoms with E-state index in [1.54, 1.807) is 6.20 Å². The summed E-state index contributed by atoms with van der Waals surface area (Å²) in [5.41, 5.74) is 4.83. The molecule has 0 aliphatic carbocycles. The van der Waals surface area contributed by atoms with Crippen molar-refractivity contribution in [3.63, 3.8) is 0 Å². The van der Waals surface area contributed by atoms with Gasteiger partial charge in [0.05, 0.1) is 37.7 Å². The van der Waals surface area contributed by atoms with Gasteiger partial charge in [-0.2, -0.15) is 0 Å². The largest absolute Gasteiger partial charge is 0.379 e. The second-order valence-electron chi connectivity index (χ2n) is 8.05. The van der Waals surface area contributed by atoms with Crippen molar-refractivity contribution in [3.05, 3.63) is 48.2 Å². The highest BCUT2D eigenvalue weighted by atomic mass is 16.5. The van der Waals surface area contributed by atoms with E-state index in [4.69, 9.17) is 9.47 Å². The lowest BCUT2D eigenvalue weighted by Gasteiger charge is -2.28. The second kappa shape index (κ2) is 9.05. The van der Waals surface area contributed by atoms with Crippen molar-refractivity contribution in [2.45, 2.75) is 19.4 Å². The Bertz CT molecular complexity index is 1100. The Morgan fingerprint density at radius 3 is 2.84 bits per heavy atom. The van der Waals surface area contributed by atoms with E-state index in [1.807, 2.05) is 31.5 Å². The highest BCUT2D eigenvalue weighted by Gasteiger charge is 2.22. The van der Waals surface area contributed by atoms with Crippen molar-refractivity contribution < 1.29 is 14.3 Å². The van der Waals surface area contributed by atoms with Crippen LogP contribution in [-0.2, 0) is 9.47 Å². The van der Waals surface area contributed by atoms with Crippen LogP contribution in [0.2, 0.25) is 0 Å². The minimum Gasteiger partial charge on any atom is -0.379 e. The van der Waals surface area contributed by atoms with Crippen LogP contribution in [0.4, 0.5) is 5.69 Å². The van der Waals surface area contributed by atoms with Gasteiger partial charge in [0.1, 0.15) is 11.4 Å². The second-order valence-corrected chi connectivity index (χ2v) is 8.05. The number of aryl methyl sites for hydroxylation is 1. The van der Waals surface area contributed by atoms with Crippen LogP contribution in [0.25, 0.3) is 22.6 Å². The van der Waals surface area contributed by atoms with Crippen LogP contribution in [0.15, 0.2) is 36.8 Å². The number of anilines is 1. The van der Waals surface area contributed by atoms with E-state index in [2.05, 4.69) is 36.2 Å². The molecule has 2 aliphatic rings. The highest BCUT2D eigenvalue weighted by Crippen LogP contribution is 2.27. The summed E-state index contributed by atoms with van der Waals surface area (Å²) in [6, 6.07) is 6.08. The minimum absolute atomic E-state index is 0.0368. The van der Waals surface area contributed by atoms with Gasteiger partial charge in [-0.3, -0.25) is 14.8 Å². The normalized spacial score (nSPS) is 18.7. The number of imidazole rings is 1. The van der Waals surface area contributed by atoms with Crippen molar-refractivity contribution >= 4 is 11.6 Å². The van der Waals surface area contributed by atoms with Crippen LogP contribution in [0.5, 0.6) is 0 Å². The molecule has 0 spiro atoms. The van der Waals surface area contributed by atoms with Crippen molar-refractivity contribution in [2.75, 3.05) is 44.4 Å². The van der Waals surface area contributed by atoms with Gasteiger partial charge in [-0.15, -0.1) is 0 Å². The van der Waals surface area contributed by atoms with Crippen molar-refractivity contribution in [1.29, 1.82) is 0 Å². The first-order valence-electron chi connectivity index (χ1n) is 10.9. The Morgan fingerprint density at radius 1 is 1.16 bits per heavy atom. The molecule has 2 aliphatic heterocycles. The molecule has 0 bridgehead atoms. The summed E-state index contributed by atoms with van der Waals surface area (Å²) in [4.78, 5) is 31.6. The molecule has 2 fully saturated rings. The number of pyridine rings is 2. The predicted molar refractivity (Wildman–Crippen MR) is 120 cm³/mol. The predicted octanol–water partition coefficient (Wildman–Crippen LogP) is 2.20. The number of rotatable bonds is 5. The van der Waals surface area contributed by atoms with E-state index in [9.17, 15) is 4.79 Å². The third-order valence-electron chi connectivity index (χ3n) is 5.80. The van der Waals surface area contributed by atoms with Crippen LogP contribution in [0, 0.1) is 6.92 Å². The van der Waals surface area contributed by atoms with E-state index in [-0.39, 0.29) is 11.9 Å². The first kappa shape index (κ1) is 20.6. The number of carbonyl (C=O) groups is 1. The van der Waals surface area contributed by atoms with Gasteiger partial charge >= 0.3 is 0 Å². The van der Waals surface area contributed by atoms with Gasteiger partial charge in [0.25, 0.3) is 5.91 Å². The Kier molecular flexibility index (Phi) is 5.83. The molecule has 5 heterocycles.